The molecule has 0 unspecified atom stereocenters. The Hall–Kier alpha value is -6.42. The van der Waals surface area contributed by atoms with Crippen LogP contribution in [0.5, 0.6) is 5.75 Å². The fraction of sp³-hybridized carbons (Fsp3) is 0.413. The van der Waals surface area contributed by atoms with Gasteiger partial charge in [-0.3, -0.25) is 24.6 Å². The highest BCUT2D eigenvalue weighted by atomic mass is 19.1. The number of ether oxygens (including phenoxy) is 1. The van der Waals surface area contributed by atoms with Crippen molar-refractivity contribution in [1.29, 1.82) is 0 Å². The number of nitrogens with zero attached hydrogens (tertiary/aromatic N) is 6. The summed E-state index contributed by atoms with van der Waals surface area (Å²) in [7, 11) is 1.67. The molecule has 3 aromatic carbocycles. The predicted molar refractivity (Wildman–Crippen MR) is 231 cm³/mol. The minimum Gasteiger partial charge on any atom is -0.495 e. The number of fused-ring (bicyclic) bond motifs is 3. The number of amides is 3. The van der Waals surface area contributed by atoms with E-state index in [2.05, 4.69) is 69.0 Å². The molecule has 2 saturated heterocycles. The van der Waals surface area contributed by atoms with E-state index in [1.165, 1.54) is 18.0 Å². The molecule has 3 amide bonds. The van der Waals surface area contributed by atoms with E-state index < -0.39 is 23.8 Å². The van der Waals surface area contributed by atoms with Crippen LogP contribution >= 0.6 is 0 Å². The number of carbonyl (C=O) groups is 3. The number of piperazine rings is 1. The normalized spacial score (nSPS) is 21.7. The molecule has 0 spiro atoms. The molecule has 2 aliphatic carbocycles. The number of piperidine rings is 1. The minimum atomic E-state index is -0.533. The number of hydrogen-bond acceptors (Lipinski definition) is 12. The van der Waals surface area contributed by atoms with Crippen molar-refractivity contribution < 1.29 is 28.0 Å². The van der Waals surface area contributed by atoms with Gasteiger partial charge in [-0.2, -0.15) is 4.98 Å². The highest BCUT2D eigenvalue weighted by Gasteiger charge is 2.44. The van der Waals surface area contributed by atoms with Gasteiger partial charge in [-0.25, -0.2) is 14.4 Å². The number of aromatic amines is 1. The Kier molecular flexibility index (Phi) is 9.92. The summed E-state index contributed by atoms with van der Waals surface area (Å²) in [6.45, 7) is 9.28. The molecule has 10 rings (SSSR count). The van der Waals surface area contributed by atoms with Crippen LogP contribution in [0.25, 0.3) is 33.2 Å². The summed E-state index contributed by atoms with van der Waals surface area (Å²) in [4.78, 5) is 58.5. The summed E-state index contributed by atoms with van der Waals surface area (Å²) in [5.41, 5.74) is 6.67. The van der Waals surface area contributed by atoms with Crippen molar-refractivity contribution in [1.82, 2.24) is 40.6 Å². The molecule has 2 aliphatic heterocycles. The third-order valence-electron chi connectivity index (χ3n) is 13.5. The zero-order valence-corrected chi connectivity index (χ0v) is 35.2. The van der Waals surface area contributed by atoms with Crippen molar-refractivity contribution in [3.8, 4) is 17.0 Å². The first-order valence-electron chi connectivity index (χ1n) is 21.4. The van der Waals surface area contributed by atoms with E-state index >= 15 is 4.39 Å². The first-order chi connectivity index (χ1) is 29.9. The lowest BCUT2D eigenvalue weighted by atomic mass is 9.75. The highest BCUT2D eigenvalue weighted by molar-refractivity contribution is 6.13. The van der Waals surface area contributed by atoms with Crippen LogP contribution in [0.3, 0.4) is 0 Å². The van der Waals surface area contributed by atoms with Gasteiger partial charge >= 0.3 is 11.8 Å². The molecule has 4 fully saturated rings. The average molecular weight is 841 g/mol. The van der Waals surface area contributed by atoms with Crippen LogP contribution in [0.4, 0.5) is 15.8 Å². The van der Waals surface area contributed by atoms with E-state index in [9.17, 15) is 14.4 Å². The quantitative estimate of drug-likeness (QED) is 0.105. The molecule has 3 aromatic heterocycles. The Labute approximate surface area is 357 Å². The highest BCUT2D eigenvalue weighted by Crippen LogP contribution is 2.46. The number of aromatic nitrogens is 5. The number of aryl methyl sites for hydroxylation is 1. The van der Waals surface area contributed by atoms with Crippen LogP contribution in [-0.4, -0.2) is 93.1 Å². The largest absolute Gasteiger partial charge is 0.495 e. The van der Waals surface area contributed by atoms with Crippen LogP contribution < -0.4 is 25.6 Å². The molecule has 15 nitrogen and oxygen atoms in total. The van der Waals surface area contributed by atoms with Crippen molar-refractivity contribution in [2.24, 2.45) is 0 Å². The predicted octanol–water partition coefficient (Wildman–Crippen LogP) is 6.45. The lowest BCUT2D eigenvalue weighted by molar-refractivity contribution is -0.133. The van der Waals surface area contributed by atoms with Gasteiger partial charge in [0, 0.05) is 60.7 Å². The van der Waals surface area contributed by atoms with Gasteiger partial charge < -0.3 is 29.8 Å². The molecule has 2 saturated carbocycles. The van der Waals surface area contributed by atoms with Crippen molar-refractivity contribution in [2.45, 2.75) is 88.8 Å². The van der Waals surface area contributed by atoms with Gasteiger partial charge in [0.15, 0.2) is 5.82 Å². The van der Waals surface area contributed by atoms with E-state index in [0.717, 1.165) is 85.5 Å². The van der Waals surface area contributed by atoms with Crippen LogP contribution in [0.15, 0.2) is 59.4 Å². The standard InChI is InChI=1S/C46H49FN10O5/c1-24-17-31(33(47)20-30(24)25(2)50-43(60)44-54-45(55-62-44)46(3)11-12-46)40-39-32-21-37(61-4)36(22-35(32)52-41(39)49-23-48-40)57-15-13-56(14-16-57)29-18-27(19-29)26-5-7-28(8-6-26)51-34-9-10-38(58)53-42(34)59/h5-8,17,20-23,25,27,29,34,51H,9-16,18-19H2,1-4H3,(H,50,60)(H,48,49,52)(H,53,58,59)/t25-,27?,29?,34-/m1/s1. The minimum absolute atomic E-state index is 0.106. The molecule has 0 bridgehead atoms. The van der Waals surface area contributed by atoms with Crippen molar-refractivity contribution in [2.75, 3.05) is 43.5 Å². The van der Waals surface area contributed by atoms with Crippen LogP contribution in [0, 0.1) is 12.7 Å². The zero-order chi connectivity index (χ0) is 42.9. The molecule has 6 aromatic rings. The SMILES string of the molecule is COc1cc2c(cc1N1CCN(C3CC(c4ccc(N[C@@H]5CCC(=O)NC5=O)cc4)C3)CC1)[nH]c1ncnc(-c3cc(C)c([C@@H](C)NC(=O)c4nc(C5(C)CC5)no4)cc3F)c12. The topological polar surface area (TPSA) is 183 Å². The first kappa shape index (κ1) is 39.7. The van der Waals surface area contributed by atoms with Crippen molar-refractivity contribution in [3.05, 3.63) is 89.1 Å². The molecule has 0 radical (unpaired) electrons. The third kappa shape index (κ3) is 7.29. The number of carbonyl (C=O) groups excluding carboxylic acids is 3. The number of anilines is 2. The number of methoxy groups -OCH3 is 1. The molecule has 2 atom stereocenters. The van der Waals surface area contributed by atoms with Crippen molar-refractivity contribution >= 4 is 51.0 Å². The Morgan fingerprint density at radius 2 is 1.82 bits per heavy atom. The van der Waals surface area contributed by atoms with Gasteiger partial charge in [0.1, 0.15) is 29.6 Å². The first-order valence-corrected chi connectivity index (χ1v) is 21.4. The maximum Gasteiger partial charge on any atom is 0.315 e. The molecule has 62 heavy (non-hydrogen) atoms. The summed E-state index contributed by atoms with van der Waals surface area (Å²) >= 11 is 0. The number of hydrogen-bond donors (Lipinski definition) is 4. The number of halogens is 1. The molecule has 16 heteroatoms. The van der Waals surface area contributed by atoms with E-state index in [-0.39, 0.29) is 23.1 Å². The van der Waals surface area contributed by atoms with Gasteiger partial charge in [-0.15, -0.1) is 0 Å². The fourth-order valence-electron chi connectivity index (χ4n) is 9.38. The maximum absolute atomic E-state index is 16.2. The van der Waals surface area contributed by atoms with E-state index in [4.69, 9.17) is 9.26 Å². The van der Waals surface area contributed by atoms with Crippen molar-refractivity contribution in [3.63, 3.8) is 0 Å². The number of imide groups is 1. The number of H-pyrrole nitrogens is 1. The summed E-state index contributed by atoms with van der Waals surface area (Å²) in [5, 5.41) is 14.1. The van der Waals surface area contributed by atoms with Gasteiger partial charge in [-0.1, -0.05) is 24.2 Å². The second-order valence-electron chi connectivity index (χ2n) is 17.6. The Bertz CT molecular complexity index is 2730. The third-order valence-corrected chi connectivity index (χ3v) is 13.5. The van der Waals surface area contributed by atoms with Gasteiger partial charge in [0.25, 0.3) is 0 Å². The second kappa shape index (κ2) is 15.5. The van der Waals surface area contributed by atoms with Crippen LogP contribution in [0.1, 0.15) is 97.5 Å². The zero-order valence-electron chi connectivity index (χ0n) is 35.2. The lowest BCUT2D eigenvalue weighted by Gasteiger charge is -2.47. The van der Waals surface area contributed by atoms with Gasteiger partial charge in [-0.05, 0) is 105 Å². The monoisotopic (exact) mass is 840 g/mol. The summed E-state index contributed by atoms with van der Waals surface area (Å²) in [6.07, 6.45) is 6.41. The number of benzene rings is 3. The molecule has 4 aliphatic rings. The lowest BCUT2D eigenvalue weighted by Crippen LogP contribution is -2.53. The average Bonchev–Trinajstić information content (AvgIpc) is 3.62. The number of rotatable bonds is 11. The molecular weight excluding hydrogens is 792 g/mol. The summed E-state index contributed by atoms with van der Waals surface area (Å²) in [5.74, 6) is 0.184. The van der Waals surface area contributed by atoms with Crippen LogP contribution in [-0.2, 0) is 15.0 Å². The smallest absolute Gasteiger partial charge is 0.315 e. The Morgan fingerprint density at radius 1 is 1.05 bits per heavy atom. The van der Waals surface area contributed by atoms with Gasteiger partial charge in [0.05, 0.1) is 35.4 Å². The Morgan fingerprint density at radius 3 is 2.55 bits per heavy atom. The second-order valence-corrected chi connectivity index (χ2v) is 17.6. The molecule has 320 valence electrons. The van der Waals surface area contributed by atoms with E-state index in [1.807, 2.05) is 32.0 Å². The Balaban J connectivity index is 0.803. The fourth-order valence-corrected chi connectivity index (χ4v) is 9.38. The van der Waals surface area contributed by atoms with E-state index in [1.54, 1.807) is 20.1 Å². The summed E-state index contributed by atoms with van der Waals surface area (Å²) < 4.78 is 27.5. The number of nitrogens with one attached hydrogen (secondary N) is 4. The van der Waals surface area contributed by atoms with E-state index in [0.29, 0.717) is 58.5 Å². The van der Waals surface area contributed by atoms with Crippen LogP contribution in [0.2, 0.25) is 0 Å². The van der Waals surface area contributed by atoms with Gasteiger partial charge in [0.2, 0.25) is 11.8 Å². The maximum atomic E-state index is 16.2. The summed E-state index contributed by atoms with van der Waals surface area (Å²) in [6, 6.07) is 15.3. The molecule has 4 N–H and O–H groups in total. The molecular formula is C46H49FN10O5. The molecule has 5 heterocycles.